The molecular formula is C18H15BrN2O3S. The SMILES string of the molecule is COC(=O)c1sc(C)cc1NC(=O)Nc1ccc(Br)c2ccccc12. The van der Waals surface area contributed by atoms with E-state index in [0.717, 1.165) is 20.1 Å². The largest absolute Gasteiger partial charge is 0.465 e. The lowest BCUT2D eigenvalue weighted by atomic mass is 10.1. The number of hydrogen-bond donors (Lipinski definition) is 2. The zero-order valence-electron chi connectivity index (χ0n) is 13.6. The summed E-state index contributed by atoms with van der Waals surface area (Å²) in [6.45, 7) is 1.86. The van der Waals surface area contributed by atoms with Crippen LogP contribution in [0, 0.1) is 6.92 Å². The van der Waals surface area contributed by atoms with Crippen molar-refractivity contribution in [3.63, 3.8) is 0 Å². The number of amides is 2. The van der Waals surface area contributed by atoms with E-state index in [4.69, 9.17) is 4.74 Å². The molecule has 0 aliphatic rings. The number of benzene rings is 2. The van der Waals surface area contributed by atoms with Crippen molar-refractivity contribution < 1.29 is 14.3 Å². The van der Waals surface area contributed by atoms with Crippen LogP contribution in [0.4, 0.5) is 16.2 Å². The Morgan fingerprint density at radius 3 is 2.44 bits per heavy atom. The molecule has 2 amide bonds. The van der Waals surface area contributed by atoms with Gasteiger partial charge in [0.2, 0.25) is 0 Å². The molecule has 1 aromatic heterocycles. The molecule has 3 aromatic rings. The van der Waals surface area contributed by atoms with E-state index >= 15 is 0 Å². The minimum absolute atomic E-state index is 0.371. The molecule has 0 saturated heterocycles. The highest BCUT2D eigenvalue weighted by atomic mass is 79.9. The summed E-state index contributed by atoms with van der Waals surface area (Å²) in [4.78, 5) is 25.5. The number of methoxy groups -OCH3 is 1. The predicted octanol–water partition coefficient (Wildman–Crippen LogP) is 5.40. The first-order valence-corrected chi connectivity index (χ1v) is 9.04. The molecule has 0 fully saturated rings. The number of thiophene rings is 1. The fourth-order valence-corrected chi connectivity index (χ4v) is 3.86. The van der Waals surface area contributed by atoms with E-state index in [1.54, 1.807) is 6.07 Å². The molecule has 0 aliphatic carbocycles. The van der Waals surface area contributed by atoms with Crippen LogP contribution < -0.4 is 10.6 Å². The van der Waals surface area contributed by atoms with E-state index < -0.39 is 12.0 Å². The molecule has 0 bridgehead atoms. The van der Waals surface area contributed by atoms with E-state index in [0.29, 0.717) is 16.3 Å². The van der Waals surface area contributed by atoms with Crippen molar-refractivity contribution >= 4 is 61.4 Å². The Kier molecular flexibility index (Phi) is 5.06. The van der Waals surface area contributed by atoms with Crippen molar-refractivity contribution in [2.24, 2.45) is 0 Å². The Morgan fingerprint density at radius 2 is 1.72 bits per heavy atom. The van der Waals surface area contributed by atoms with E-state index in [2.05, 4.69) is 26.6 Å². The maximum Gasteiger partial charge on any atom is 0.350 e. The lowest BCUT2D eigenvalue weighted by Gasteiger charge is -2.11. The van der Waals surface area contributed by atoms with E-state index in [1.807, 2.05) is 43.3 Å². The van der Waals surface area contributed by atoms with Gasteiger partial charge in [-0.3, -0.25) is 0 Å². The Hall–Kier alpha value is -2.38. The summed E-state index contributed by atoms with van der Waals surface area (Å²) >= 11 is 4.79. The van der Waals surface area contributed by atoms with Crippen LogP contribution in [0.25, 0.3) is 10.8 Å². The predicted molar refractivity (Wildman–Crippen MR) is 105 cm³/mol. The van der Waals surface area contributed by atoms with Crippen LogP contribution in [0.15, 0.2) is 46.9 Å². The highest BCUT2D eigenvalue weighted by Gasteiger charge is 2.18. The number of fused-ring (bicyclic) bond motifs is 1. The summed E-state index contributed by atoms with van der Waals surface area (Å²) in [6.07, 6.45) is 0. The molecule has 1 heterocycles. The minimum atomic E-state index is -0.470. The van der Waals surface area contributed by atoms with Crippen molar-refractivity contribution in [2.45, 2.75) is 6.92 Å². The Morgan fingerprint density at radius 1 is 1.04 bits per heavy atom. The van der Waals surface area contributed by atoms with Crippen LogP contribution in [0.5, 0.6) is 0 Å². The number of halogens is 1. The van der Waals surface area contributed by atoms with Crippen molar-refractivity contribution in [2.75, 3.05) is 17.7 Å². The summed E-state index contributed by atoms with van der Waals surface area (Å²) in [7, 11) is 1.31. The van der Waals surface area contributed by atoms with Gasteiger partial charge in [0.25, 0.3) is 0 Å². The van der Waals surface area contributed by atoms with Crippen LogP contribution in [-0.2, 0) is 4.74 Å². The Balaban J connectivity index is 1.85. The molecule has 25 heavy (non-hydrogen) atoms. The third kappa shape index (κ3) is 3.67. The number of nitrogens with one attached hydrogen (secondary N) is 2. The van der Waals surface area contributed by atoms with Gasteiger partial charge in [-0.15, -0.1) is 11.3 Å². The number of rotatable bonds is 3. The molecule has 0 aliphatic heterocycles. The fourth-order valence-electron chi connectivity index (χ4n) is 2.50. The average molecular weight is 419 g/mol. The number of urea groups is 1. The number of carbonyl (C=O) groups excluding carboxylic acids is 2. The first-order valence-electron chi connectivity index (χ1n) is 7.43. The molecular weight excluding hydrogens is 404 g/mol. The number of esters is 1. The van der Waals surface area contributed by atoms with E-state index in [1.165, 1.54) is 18.4 Å². The van der Waals surface area contributed by atoms with Crippen LogP contribution in [0.3, 0.4) is 0 Å². The van der Waals surface area contributed by atoms with Gasteiger partial charge in [-0.1, -0.05) is 40.2 Å². The molecule has 5 nitrogen and oxygen atoms in total. The Labute approximate surface area is 157 Å². The molecule has 0 radical (unpaired) electrons. The number of carbonyl (C=O) groups is 2. The van der Waals surface area contributed by atoms with Gasteiger partial charge >= 0.3 is 12.0 Å². The molecule has 0 spiro atoms. The molecule has 7 heteroatoms. The first-order chi connectivity index (χ1) is 12.0. The van der Waals surface area contributed by atoms with Gasteiger partial charge in [0.05, 0.1) is 18.5 Å². The molecule has 2 N–H and O–H groups in total. The van der Waals surface area contributed by atoms with Gasteiger partial charge < -0.3 is 15.4 Å². The normalized spacial score (nSPS) is 10.5. The second kappa shape index (κ2) is 7.25. The standard InChI is InChI=1S/C18H15BrN2O3S/c1-10-9-15(16(25-10)17(22)24-2)21-18(23)20-14-8-7-13(19)11-5-3-4-6-12(11)14/h3-9H,1-2H3,(H2,20,21,23). The summed E-state index contributed by atoms with van der Waals surface area (Å²) < 4.78 is 5.71. The van der Waals surface area contributed by atoms with Crippen LogP contribution in [0.2, 0.25) is 0 Å². The molecule has 0 saturated carbocycles. The van der Waals surface area contributed by atoms with Gasteiger partial charge in [-0.25, -0.2) is 9.59 Å². The molecule has 3 rings (SSSR count). The van der Waals surface area contributed by atoms with Gasteiger partial charge in [0.15, 0.2) is 0 Å². The number of anilines is 2. The third-order valence-corrected chi connectivity index (χ3v) is 5.32. The summed E-state index contributed by atoms with van der Waals surface area (Å²) in [5, 5.41) is 7.48. The smallest absolute Gasteiger partial charge is 0.350 e. The first kappa shape index (κ1) is 17.4. The summed E-state index contributed by atoms with van der Waals surface area (Å²) in [5.74, 6) is -0.470. The van der Waals surface area contributed by atoms with Gasteiger partial charge in [0, 0.05) is 14.7 Å². The zero-order chi connectivity index (χ0) is 18.0. The van der Waals surface area contributed by atoms with Gasteiger partial charge in [-0.05, 0) is 30.5 Å². The average Bonchev–Trinajstić information content (AvgIpc) is 2.97. The van der Waals surface area contributed by atoms with Crippen LogP contribution in [-0.4, -0.2) is 19.1 Å². The van der Waals surface area contributed by atoms with E-state index in [9.17, 15) is 9.59 Å². The zero-order valence-corrected chi connectivity index (χ0v) is 16.0. The fraction of sp³-hybridized carbons (Fsp3) is 0.111. The van der Waals surface area contributed by atoms with Crippen molar-refractivity contribution in [3.05, 3.63) is 56.7 Å². The van der Waals surface area contributed by atoms with Crippen LogP contribution in [0.1, 0.15) is 14.5 Å². The number of hydrogen-bond acceptors (Lipinski definition) is 4. The van der Waals surface area contributed by atoms with Gasteiger partial charge in [-0.2, -0.15) is 0 Å². The number of ether oxygens (including phenoxy) is 1. The lowest BCUT2D eigenvalue weighted by molar-refractivity contribution is 0.0607. The lowest BCUT2D eigenvalue weighted by Crippen LogP contribution is -2.20. The monoisotopic (exact) mass is 418 g/mol. The van der Waals surface area contributed by atoms with Crippen LogP contribution >= 0.6 is 27.3 Å². The summed E-state index contributed by atoms with van der Waals surface area (Å²) in [6, 6.07) is 12.8. The second-order valence-electron chi connectivity index (χ2n) is 5.31. The molecule has 0 unspecified atom stereocenters. The maximum atomic E-state index is 12.4. The van der Waals surface area contributed by atoms with E-state index in [-0.39, 0.29) is 0 Å². The number of aryl methyl sites for hydroxylation is 1. The highest BCUT2D eigenvalue weighted by molar-refractivity contribution is 9.10. The third-order valence-electron chi connectivity index (χ3n) is 3.59. The molecule has 2 aromatic carbocycles. The van der Waals surface area contributed by atoms with Crippen molar-refractivity contribution in [1.29, 1.82) is 0 Å². The topological polar surface area (TPSA) is 67.4 Å². The van der Waals surface area contributed by atoms with Crippen molar-refractivity contribution in [3.8, 4) is 0 Å². The maximum absolute atomic E-state index is 12.4. The molecule has 0 atom stereocenters. The van der Waals surface area contributed by atoms with Crippen molar-refractivity contribution in [1.82, 2.24) is 0 Å². The summed E-state index contributed by atoms with van der Waals surface area (Å²) in [5.41, 5.74) is 1.12. The second-order valence-corrected chi connectivity index (χ2v) is 7.42. The Bertz CT molecular complexity index is 968. The van der Waals surface area contributed by atoms with Gasteiger partial charge in [0.1, 0.15) is 4.88 Å². The molecule has 128 valence electrons. The minimum Gasteiger partial charge on any atom is -0.465 e. The highest BCUT2D eigenvalue weighted by Crippen LogP contribution is 2.31. The quantitative estimate of drug-likeness (QED) is 0.559.